The molecule has 0 unspecified atom stereocenters. The van der Waals surface area contributed by atoms with E-state index in [4.69, 9.17) is 14.2 Å². The van der Waals surface area contributed by atoms with Crippen molar-refractivity contribution in [2.75, 3.05) is 118 Å². The topological polar surface area (TPSA) is 210 Å². The Morgan fingerprint density at radius 1 is 0.333 bits per heavy atom. The number of hydrogen-bond donors (Lipinski definition) is 0. The fraction of sp³-hybridized carbons (Fsp3) is 0.438. The molecule has 0 atom stereocenters. The van der Waals surface area contributed by atoms with E-state index < -0.39 is 93.0 Å². The van der Waals surface area contributed by atoms with Gasteiger partial charge < -0.3 is 58.3 Å². The molecule has 21 nitrogen and oxygen atoms in total. The second-order valence-corrected chi connectivity index (χ2v) is 17.0. The summed E-state index contributed by atoms with van der Waals surface area (Å²) in [4.78, 5) is 134. The van der Waals surface area contributed by atoms with Gasteiger partial charge in [-0.05, 0) is 16.7 Å². The van der Waals surface area contributed by atoms with E-state index in [1.165, 1.54) is 29.4 Å². The predicted octanol–water partition coefficient (Wildman–Crippen LogP) is 0.929. The lowest BCUT2D eigenvalue weighted by molar-refractivity contribution is -0.147. The minimum Gasteiger partial charge on any atom is -0.445 e. The molecule has 0 spiro atoms. The van der Waals surface area contributed by atoms with Crippen LogP contribution in [-0.4, -0.2) is 216 Å². The van der Waals surface area contributed by atoms with Gasteiger partial charge in [-0.15, -0.1) is 0 Å². The van der Waals surface area contributed by atoms with Crippen LogP contribution >= 0.6 is 0 Å². The van der Waals surface area contributed by atoms with Gasteiger partial charge in [0.25, 0.3) is 0 Å². The van der Waals surface area contributed by atoms with Crippen LogP contribution in [0, 0.1) is 0 Å². The van der Waals surface area contributed by atoms with E-state index in [0.29, 0.717) is 0 Å². The zero-order valence-electron chi connectivity index (χ0n) is 38.4. The Hall–Kier alpha value is -7.71. The van der Waals surface area contributed by atoms with Crippen LogP contribution in [0.4, 0.5) is 14.4 Å². The second-order valence-electron chi connectivity index (χ2n) is 17.0. The molecule has 3 aromatic rings. The molecule has 4 fully saturated rings. The largest absolute Gasteiger partial charge is 0.445 e. The highest BCUT2D eigenvalue weighted by Gasteiger charge is 2.36. The molecule has 4 aliphatic rings. The fourth-order valence-electron chi connectivity index (χ4n) is 8.12. The summed E-state index contributed by atoms with van der Waals surface area (Å²) >= 11 is 0. The molecule has 7 rings (SSSR count). The standard InChI is InChI=1S/C48H57N9O12/c58-40(49-16-22-52(23-17-49)46(64)67-34-37-10-4-1-5-11-37)28-55-31-44(62)57(30-42(60)51-20-26-54(27-21-51)48(66)69-36-39-14-8-3-9-15-39)33-45(63)56(32-43(55)61)29-41(59)50-18-24-53(25-19-50)47(65)68-35-38-12-6-2-7-13-38/h1-15H,16-36H2. The van der Waals surface area contributed by atoms with Crippen LogP contribution in [0.15, 0.2) is 91.0 Å². The molecule has 69 heavy (non-hydrogen) atoms. The lowest BCUT2D eigenvalue weighted by Crippen LogP contribution is -2.55. The first kappa shape index (κ1) is 49.2. The zero-order chi connectivity index (χ0) is 48.7. The summed E-state index contributed by atoms with van der Waals surface area (Å²) in [5.41, 5.74) is 2.47. The summed E-state index contributed by atoms with van der Waals surface area (Å²) in [7, 11) is 0. The molecule has 0 N–H and O–H groups in total. The lowest BCUT2D eigenvalue weighted by Gasteiger charge is -2.36. The minimum absolute atomic E-state index is 0.0863. The van der Waals surface area contributed by atoms with Crippen molar-refractivity contribution in [1.82, 2.24) is 44.1 Å². The third-order valence-corrected chi connectivity index (χ3v) is 12.3. The Balaban J connectivity index is 0.966. The van der Waals surface area contributed by atoms with Crippen LogP contribution in [0.3, 0.4) is 0 Å². The number of carbonyl (C=O) groups is 9. The normalized spacial score (nSPS) is 17.2. The third-order valence-electron chi connectivity index (χ3n) is 12.3. The Bertz CT molecular complexity index is 2050. The van der Waals surface area contributed by atoms with Gasteiger partial charge in [0.15, 0.2) is 0 Å². The number of carbonyl (C=O) groups excluding carboxylic acids is 9. The van der Waals surface area contributed by atoms with Crippen molar-refractivity contribution in [2.24, 2.45) is 0 Å². The summed E-state index contributed by atoms with van der Waals surface area (Å²) in [6, 6.07) is 27.6. The monoisotopic (exact) mass is 951 g/mol. The van der Waals surface area contributed by atoms with Gasteiger partial charge in [-0.3, -0.25) is 28.8 Å². The van der Waals surface area contributed by atoms with E-state index in [0.717, 1.165) is 31.4 Å². The molecule has 3 aromatic carbocycles. The molecule has 0 aliphatic carbocycles. The maximum Gasteiger partial charge on any atom is 0.410 e. The third kappa shape index (κ3) is 13.9. The minimum atomic E-state index is -0.768. The van der Waals surface area contributed by atoms with E-state index in [1.54, 1.807) is 0 Å². The van der Waals surface area contributed by atoms with Gasteiger partial charge in [0.2, 0.25) is 35.4 Å². The molecule has 4 saturated heterocycles. The average molecular weight is 952 g/mol. The van der Waals surface area contributed by atoms with E-state index >= 15 is 0 Å². The number of nitrogens with zero attached hydrogens (tertiary/aromatic N) is 9. The number of amides is 9. The first-order valence-electron chi connectivity index (χ1n) is 22.9. The van der Waals surface area contributed by atoms with E-state index in [-0.39, 0.29) is 98.4 Å². The molecule has 4 heterocycles. The highest BCUT2D eigenvalue weighted by molar-refractivity contribution is 5.97. The molecular weight excluding hydrogens is 895 g/mol. The molecular formula is C48H57N9O12. The zero-order valence-corrected chi connectivity index (χ0v) is 38.4. The Morgan fingerprint density at radius 2 is 0.551 bits per heavy atom. The Morgan fingerprint density at radius 3 is 0.783 bits per heavy atom. The molecule has 0 saturated carbocycles. The first-order valence-corrected chi connectivity index (χ1v) is 22.9. The maximum atomic E-state index is 14.0. The molecule has 21 heteroatoms. The van der Waals surface area contributed by atoms with Crippen LogP contribution in [-0.2, 0) is 62.8 Å². The summed E-state index contributed by atoms with van der Waals surface area (Å²) in [6.07, 6.45) is -1.61. The second kappa shape index (κ2) is 23.8. The Kier molecular flexibility index (Phi) is 17.0. The molecule has 4 aliphatic heterocycles. The van der Waals surface area contributed by atoms with Crippen molar-refractivity contribution in [3.05, 3.63) is 108 Å². The highest BCUT2D eigenvalue weighted by atomic mass is 16.6. The lowest BCUT2D eigenvalue weighted by atomic mass is 10.2. The summed E-state index contributed by atoms with van der Waals surface area (Å²) in [6.45, 7) is -1.53. The van der Waals surface area contributed by atoms with Gasteiger partial charge >= 0.3 is 18.3 Å². The van der Waals surface area contributed by atoms with Gasteiger partial charge in [0.05, 0.1) is 0 Å². The molecule has 9 amide bonds. The quantitative estimate of drug-likeness (QED) is 0.232. The first-order chi connectivity index (χ1) is 33.4. The molecule has 0 aromatic heterocycles. The van der Waals surface area contributed by atoms with Crippen molar-refractivity contribution in [3.63, 3.8) is 0 Å². The van der Waals surface area contributed by atoms with Gasteiger partial charge in [0, 0.05) is 78.5 Å². The SMILES string of the molecule is O=C(CN1CC(=O)N(CC(=O)N2CCN(C(=O)OCc3ccccc3)CC2)CC(=O)N(CC(=O)N2CCN(C(=O)OCc3ccccc3)CC2)CC1=O)N1CCN(C(=O)OCc2ccccc2)CC1. The van der Waals surface area contributed by atoms with Crippen LogP contribution < -0.4 is 0 Å². The van der Waals surface area contributed by atoms with Crippen molar-refractivity contribution in [2.45, 2.75) is 19.8 Å². The van der Waals surface area contributed by atoms with Gasteiger partial charge in [-0.1, -0.05) is 91.0 Å². The maximum absolute atomic E-state index is 14.0. The Labute approximate surface area is 399 Å². The van der Waals surface area contributed by atoms with Crippen molar-refractivity contribution >= 4 is 53.7 Å². The summed E-state index contributed by atoms with van der Waals surface area (Å²) in [5.74, 6) is -3.83. The van der Waals surface area contributed by atoms with Crippen LogP contribution in [0.5, 0.6) is 0 Å². The van der Waals surface area contributed by atoms with Gasteiger partial charge in [0.1, 0.15) is 59.1 Å². The summed E-state index contributed by atoms with van der Waals surface area (Å²) in [5, 5.41) is 0. The van der Waals surface area contributed by atoms with Crippen LogP contribution in [0.25, 0.3) is 0 Å². The van der Waals surface area contributed by atoms with E-state index in [2.05, 4.69) is 0 Å². The molecule has 366 valence electrons. The predicted molar refractivity (Wildman–Crippen MR) is 244 cm³/mol. The highest BCUT2D eigenvalue weighted by Crippen LogP contribution is 2.14. The smallest absolute Gasteiger partial charge is 0.410 e. The van der Waals surface area contributed by atoms with Crippen molar-refractivity contribution < 1.29 is 57.4 Å². The number of hydrogen-bond acceptors (Lipinski definition) is 12. The number of rotatable bonds is 12. The molecule has 0 bridgehead atoms. The van der Waals surface area contributed by atoms with Gasteiger partial charge in [-0.25, -0.2) is 14.4 Å². The number of piperazine rings is 3. The van der Waals surface area contributed by atoms with Crippen LogP contribution in [0.2, 0.25) is 0 Å². The number of benzene rings is 3. The molecule has 0 radical (unpaired) electrons. The van der Waals surface area contributed by atoms with E-state index in [9.17, 15) is 43.2 Å². The van der Waals surface area contributed by atoms with E-state index in [1.807, 2.05) is 91.0 Å². The van der Waals surface area contributed by atoms with Crippen molar-refractivity contribution in [3.8, 4) is 0 Å². The average Bonchev–Trinajstić information content (AvgIpc) is 3.42. The van der Waals surface area contributed by atoms with Crippen LogP contribution in [0.1, 0.15) is 16.7 Å². The van der Waals surface area contributed by atoms with Crippen molar-refractivity contribution in [1.29, 1.82) is 0 Å². The van der Waals surface area contributed by atoms with Gasteiger partial charge in [-0.2, -0.15) is 0 Å². The summed E-state index contributed by atoms with van der Waals surface area (Å²) < 4.78 is 16.3. The fourth-order valence-corrected chi connectivity index (χ4v) is 8.12. The number of ether oxygens (including phenoxy) is 3.